The van der Waals surface area contributed by atoms with Gasteiger partial charge in [-0.2, -0.15) is 0 Å². The van der Waals surface area contributed by atoms with Gasteiger partial charge < -0.3 is 10.6 Å². The smallest absolute Gasteiger partial charge is 0.238 e. The van der Waals surface area contributed by atoms with E-state index >= 15 is 0 Å². The molecule has 1 unspecified atom stereocenters. The Morgan fingerprint density at radius 2 is 2.00 bits per heavy atom. The van der Waals surface area contributed by atoms with Crippen LogP contribution < -0.4 is 10.6 Å². The molecule has 1 amide bonds. The van der Waals surface area contributed by atoms with Crippen LogP contribution in [0.5, 0.6) is 0 Å². The maximum atomic E-state index is 12.2. The Balaban J connectivity index is 2.06. The van der Waals surface area contributed by atoms with E-state index in [9.17, 15) is 9.59 Å². The van der Waals surface area contributed by atoms with Crippen LogP contribution in [-0.4, -0.2) is 48.8 Å². The van der Waals surface area contributed by atoms with E-state index in [0.29, 0.717) is 17.3 Å². The molecule has 2 N–H and O–H groups in total. The maximum absolute atomic E-state index is 12.2. The number of carbonyl (C=O) groups excluding carboxylic acids is 2. The molecule has 1 saturated heterocycles. The van der Waals surface area contributed by atoms with Gasteiger partial charge in [0.05, 0.1) is 22.3 Å². The number of Topliss-reactive ketones (excluding diaryl/α,β-unsaturated/α-hetero) is 1. The summed E-state index contributed by atoms with van der Waals surface area (Å²) in [5.74, 6) is -0.301. The van der Waals surface area contributed by atoms with Crippen molar-refractivity contribution in [2.75, 3.05) is 31.5 Å². The number of piperazine rings is 1. The van der Waals surface area contributed by atoms with Crippen molar-refractivity contribution in [1.82, 2.24) is 10.2 Å². The molecule has 1 aromatic rings. The van der Waals surface area contributed by atoms with Crippen molar-refractivity contribution in [3.8, 4) is 0 Å². The predicted octanol–water partition coefficient (Wildman–Crippen LogP) is 2.43. The minimum absolute atomic E-state index is 0.128. The number of nitrogens with zero attached hydrogens (tertiary/aromatic N) is 1. The second-order valence-corrected chi connectivity index (χ2v) is 6.26. The topological polar surface area (TPSA) is 61.4 Å². The molecular weight excluding hydrogens is 325 g/mol. The summed E-state index contributed by atoms with van der Waals surface area (Å²) in [7, 11) is 0. The second-order valence-electron chi connectivity index (χ2n) is 5.44. The Kier molecular flexibility index (Phi) is 5.81. The van der Waals surface area contributed by atoms with E-state index in [1.54, 1.807) is 0 Å². The summed E-state index contributed by atoms with van der Waals surface area (Å²) in [4.78, 5) is 25.7. The number of amides is 1. The van der Waals surface area contributed by atoms with E-state index in [1.165, 1.54) is 19.1 Å². The quantitative estimate of drug-likeness (QED) is 0.824. The molecule has 22 heavy (non-hydrogen) atoms. The fourth-order valence-corrected chi connectivity index (χ4v) is 2.96. The first-order valence-electron chi connectivity index (χ1n) is 7.13. The zero-order valence-electron chi connectivity index (χ0n) is 12.6. The van der Waals surface area contributed by atoms with E-state index in [4.69, 9.17) is 23.2 Å². The molecule has 1 aromatic carbocycles. The highest BCUT2D eigenvalue weighted by molar-refractivity contribution is 6.40. The number of rotatable bonds is 4. The zero-order chi connectivity index (χ0) is 16.3. The largest absolute Gasteiger partial charge is 0.322 e. The number of anilines is 1. The summed E-state index contributed by atoms with van der Waals surface area (Å²) in [5, 5.41) is 6.54. The molecule has 1 heterocycles. The first-order chi connectivity index (χ1) is 10.4. The third kappa shape index (κ3) is 4.20. The maximum Gasteiger partial charge on any atom is 0.238 e. The first-order valence-corrected chi connectivity index (χ1v) is 7.88. The highest BCUT2D eigenvalue weighted by Crippen LogP contribution is 2.32. The van der Waals surface area contributed by atoms with Crippen molar-refractivity contribution in [2.45, 2.75) is 19.9 Å². The molecule has 1 aliphatic heterocycles. The molecule has 0 radical (unpaired) electrons. The normalized spacial score (nSPS) is 19.0. The number of benzene rings is 1. The predicted molar refractivity (Wildman–Crippen MR) is 89.0 cm³/mol. The molecule has 2 rings (SSSR count). The molecule has 0 saturated carbocycles. The molecule has 1 atom stereocenters. The Morgan fingerprint density at radius 3 is 2.55 bits per heavy atom. The number of hydrogen-bond donors (Lipinski definition) is 2. The molecule has 1 fully saturated rings. The van der Waals surface area contributed by atoms with Crippen LogP contribution in [0.4, 0.5) is 5.69 Å². The zero-order valence-corrected chi connectivity index (χ0v) is 14.1. The van der Waals surface area contributed by atoms with Crippen molar-refractivity contribution >= 4 is 40.6 Å². The summed E-state index contributed by atoms with van der Waals surface area (Å²) >= 11 is 12.2. The number of nitrogens with one attached hydrogen (secondary N) is 2. The van der Waals surface area contributed by atoms with Gasteiger partial charge in [-0.15, -0.1) is 0 Å². The van der Waals surface area contributed by atoms with Gasteiger partial charge in [0.2, 0.25) is 5.91 Å². The molecule has 0 aliphatic carbocycles. The highest BCUT2D eigenvalue weighted by Gasteiger charge is 2.21. The molecule has 0 bridgehead atoms. The lowest BCUT2D eigenvalue weighted by atomic mass is 10.1. The van der Waals surface area contributed by atoms with E-state index in [1.807, 2.05) is 0 Å². The Hall–Kier alpha value is -1.14. The lowest BCUT2D eigenvalue weighted by Crippen LogP contribution is -2.52. The minimum Gasteiger partial charge on any atom is -0.322 e. The fraction of sp³-hybridized carbons (Fsp3) is 0.467. The Morgan fingerprint density at radius 1 is 1.36 bits per heavy atom. The van der Waals surface area contributed by atoms with E-state index in [-0.39, 0.29) is 28.3 Å². The van der Waals surface area contributed by atoms with Crippen molar-refractivity contribution in [1.29, 1.82) is 0 Å². The average molecular weight is 344 g/mol. The van der Waals surface area contributed by atoms with Crippen LogP contribution in [-0.2, 0) is 4.79 Å². The first kappa shape index (κ1) is 17.2. The summed E-state index contributed by atoms with van der Waals surface area (Å²) in [5.41, 5.74) is 0.768. The van der Waals surface area contributed by atoms with Gasteiger partial charge in [0.15, 0.2) is 5.78 Å². The Labute approximate surface area is 139 Å². The van der Waals surface area contributed by atoms with Crippen molar-refractivity contribution in [2.24, 2.45) is 0 Å². The van der Waals surface area contributed by atoms with Gasteiger partial charge in [-0.25, -0.2) is 0 Å². The summed E-state index contributed by atoms with van der Waals surface area (Å²) in [6.07, 6.45) is 0. The summed E-state index contributed by atoms with van der Waals surface area (Å²) in [6, 6.07) is 3.32. The summed E-state index contributed by atoms with van der Waals surface area (Å²) < 4.78 is 0. The molecule has 0 aromatic heterocycles. The summed E-state index contributed by atoms with van der Waals surface area (Å²) in [6.45, 7) is 6.34. The number of hydrogen-bond acceptors (Lipinski definition) is 4. The molecular formula is C15H19Cl2N3O2. The van der Waals surface area contributed by atoms with Gasteiger partial charge >= 0.3 is 0 Å². The van der Waals surface area contributed by atoms with Crippen molar-refractivity contribution < 1.29 is 9.59 Å². The molecule has 0 spiro atoms. The standard InChI is InChI=1S/C15H19Cl2N3O2/c1-9-7-18-3-4-20(9)8-14(22)19-15-12(16)5-11(10(2)21)6-13(15)17/h5-6,9,18H,3-4,7-8H2,1-2H3,(H,19,22). The Bertz CT molecular complexity index is 569. The third-order valence-electron chi connectivity index (χ3n) is 3.70. The molecule has 120 valence electrons. The number of carbonyl (C=O) groups is 2. The lowest BCUT2D eigenvalue weighted by Gasteiger charge is -2.33. The monoisotopic (exact) mass is 343 g/mol. The average Bonchev–Trinajstić information content (AvgIpc) is 2.45. The fourth-order valence-electron chi connectivity index (χ4n) is 2.38. The van der Waals surface area contributed by atoms with E-state index in [0.717, 1.165) is 19.6 Å². The van der Waals surface area contributed by atoms with Crippen molar-refractivity contribution in [3.63, 3.8) is 0 Å². The molecule has 7 heteroatoms. The minimum atomic E-state index is -0.173. The van der Waals surface area contributed by atoms with Gasteiger partial charge in [0, 0.05) is 31.2 Å². The van der Waals surface area contributed by atoms with Crippen LogP contribution in [0.1, 0.15) is 24.2 Å². The van der Waals surface area contributed by atoms with Gasteiger partial charge in [0.25, 0.3) is 0 Å². The van der Waals surface area contributed by atoms with Crippen molar-refractivity contribution in [3.05, 3.63) is 27.7 Å². The van der Waals surface area contributed by atoms with Crippen LogP contribution in [0.15, 0.2) is 12.1 Å². The van der Waals surface area contributed by atoms with Gasteiger partial charge in [-0.05, 0) is 26.0 Å². The lowest BCUT2D eigenvalue weighted by molar-refractivity contribution is -0.118. The van der Waals surface area contributed by atoms with Crippen LogP contribution in [0.3, 0.4) is 0 Å². The van der Waals surface area contributed by atoms with Crippen LogP contribution >= 0.6 is 23.2 Å². The van der Waals surface area contributed by atoms with Crippen LogP contribution in [0.25, 0.3) is 0 Å². The molecule has 1 aliphatic rings. The van der Waals surface area contributed by atoms with Gasteiger partial charge in [0.1, 0.15) is 0 Å². The van der Waals surface area contributed by atoms with Crippen LogP contribution in [0, 0.1) is 0 Å². The third-order valence-corrected chi connectivity index (χ3v) is 4.29. The van der Waals surface area contributed by atoms with Crippen LogP contribution in [0.2, 0.25) is 10.0 Å². The SMILES string of the molecule is CC(=O)c1cc(Cl)c(NC(=O)CN2CCNCC2C)c(Cl)c1. The number of halogens is 2. The molecule has 5 nitrogen and oxygen atoms in total. The van der Waals surface area contributed by atoms with E-state index in [2.05, 4.69) is 22.5 Å². The highest BCUT2D eigenvalue weighted by atomic mass is 35.5. The second kappa shape index (κ2) is 7.42. The van der Waals surface area contributed by atoms with Gasteiger partial charge in [-0.1, -0.05) is 23.2 Å². The number of ketones is 1. The van der Waals surface area contributed by atoms with E-state index < -0.39 is 0 Å². The van der Waals surface area contributed by atoms with Gasteiger partial charge in [-0.3, -0.25) is 14.5 Å².